The SMILES string of the molecule is CNC(=O)CCOc1ccc(F)cc1C(=O)O. The zero-order valence-electron chi connectivity index (χ0n) is 9.20. The predicted octanol–water partition coefficient (Wildman–Crippen LogP) is 1.04. The molecular formula is C11H12FNO4. The summed E-state index contributed by atoms with van der Waals surface area (Å²) < 4.78 is 17.9. The molecule has 1 aromatic rings. The minimum Gasteiger partial charge on any atom is -0.492 e. The van der Waals surface area contributed by atoms with Crippen molar-refractivity contribution in [1.82, 2.24) is 5.32 Å². The number of hydrogen-bond acceptors (Lipinski definition) is 3. The number of carbonyl (C=O) groups is 2. The quantitative estimate of drug-likeness (QED) is 0.807. The highest BCUT2D eigenvalue weighted by atomic mass is 19.1. The van der Waals surface area contributed by atoms with Crippen LogP contribution < -0.4 is 10.1 Å². The number of carbonyl (C=O) groups excluding carboxylic acids is 1. The highest BCUT2D eigenvalue weighted by Crippen LogP contribution is 2.19. The van der Waals surface area contributed by atoms with Gasteiger partial charge in [-0.15, -0.1) is 0 Å². The number of benzene rings is 1. The molecule has 5 nitrogen and oxygen atoms in total. The van der Waals surface area contributed by atoms with E-state index in [9.17, 15) is 14.0 Å². The Labute approximate surface area is 97.2 Å². The van der Waals surface area contributed by atoms with E-state index in [1.54, 1.807) is 0 Å². The van der Waals surface area contributed by atoms with Crippen LogP contribution in [0.3, 0.4) is 0 Å². The molecule has 0 aromatic heterocycles. The first-order chi connectivity index (χ1) is 8.04. The number of ether oxygens (including phenoxy) is 1. The molecule has 17 heavy (non-hydrogen) atoms. The number of amides is 1. The fourth-order valence-corrected chi connectivity index (χ4v) is 1.17. The molecule has 0 radical (unpaired) electrons. The van der Waals surface area contributed by atoms with Gasteiger partial charge in [0.25, 0.3) is 0 Å². The van der Waals surface area contributed by atoms with Crippen LogP contribution in [-0.2, 0) is 4.79 Å². The highest BCUT2D eigenvalue weighted by molar-refractivity contribution is 5.90. The summed E-state index contributed by atoms with van der Waals surface area (Å²) in [7, 11) is 1.49. The summed E-state index contributed by atoms with van der Waals surface area (Å²) in [5.41, 5.74) is -0.262. The number of carboxylic acids is 1. The molecule has 0 spiro atoms. The largest absolute Gasteiger partial charge is 0.492 e. The number of nitrogens with one attached hydrogen (secondary N) is 1. The lowest BCUT2D eigenvalue weighted by molar-refractivity contribution is -0.121. The van der Waals surface area contributed by atoms with Crippen LogP contribution in [0, 0.1) is 5.82 Å². The zero-order chi connectivity index (χ0) is 12.8. The van der Waals surface area contributed by atoms with E-state index >= 15 is 0 Å². The lowest BCUT2D eigenvalue weighted by Gasteiger charge is -2.08. The average Bonchev–Trinajstić information content (AvgIpc) is 2.30. The monoisotopic (exact) mass is 241 g/mol. The normalized spacial score (nSPS) is 9.76. The minimum absolute atomic E-state index is 0.0333. The van der Waals surface area contributed by atoms with E-state index in [1.165, 1.54) is 13.1 Å². The maximum Gasteiger partial charge on any atom is 0.339 e. The Balaban J connectivity index is 2.70. The van der Waals surface area contributed by atoms with Gasteiger partial charge in [-0.2, -0.15) is 0 Å². The van der Waals surface area contributed by atoms with E-state index in [4.69, 9.17) is 9.84 Å². The smallest absolute Gasteiger partial charge is 0.339 e. The van der Waals surface area contributed by atoms with Gasteiger partial charge in [-0.3, -0.25) is 4.79 Å². The Kier molecular flexibility index (Phi) is 4.45. The summed E-state index contributed by atoms with van der Waals surface area (Å²) in [5, 5.41) is 11.2. The molecule has 92 valence electrons. The van der Waals surface area contributed by atoms with Crippen molar-refractivity contribution in [2.24, 2.45) is 0 Å². The topological polar surface area (TPSA) is 75.6 Å². The van der Waals surface area contributed by atoms with Gasteiger partial charge in [-0.05, 0) is 18.2 Å². The van der Waals surface area contributed by atoms with Gasteiger partial charge in [-0.1, -0.05) is 0 Å². The van der Waals surface area contributed by atoms with Crippen molar-refractivity contribution in [1.29, 1.82) is 0 Å². The Bertz CT molecular complexity index is 433. The van der Waals surface area contributed by atoms with Crippen LogP contribution >= 0.6 is 0 Å². The third-order valence-electron chi connectivity index (χ3n) is 2.04. The zero-order valence-corrected chi connectivity index (χ0v) is 9.20. The highest BCUT2D eigenvalue weighted by Gasteiger charge is 2.12. The molecule has 0 aliphatic carbocycles. The van der Waals surface area contributed by atoms with Crippen molar-refractivity contribution in [3.63, 3.8) is 0 Å². The third-order valence-corrected chi connectivity index (χ3v) is 2.04. The summed E-state index contributed by atoms with van der Waals surface area (Å²) in [4.78, 5) is 21.7. The Morgan fingerprint density at radius 3 is 2.76 bits per heavy atom. The number of hydrogen-bond donors (Lipinski definition) is 2. The molecule has 0 atom stereocenters. The van der Waals surface area contributed by atoms with E-state index in [1.807, 2.05) is 0 Å². The molecule has 0 saturated carbocycles. The maximum atomic E-state index is 12.8. The van der Waals surface area contributed by atoms with Gasteiger partial charge < -0.3 is 15.2 Å². The minimum atomic E-state index is -1.28. The number of rotatable bonds is 5. The van der Waals surface area contributed by atoms with Crippen molar-refractivity contribution in [3.05, 3.63) is 29.6 Å². The summed E-state index contributed by atoms with van der Waals surface area (Å²) in [5.74, 6) is -2.10. The summed E-state index contributed by atoms with van der Waals surface area (Å²) in [6.07, 6.45) is 0.104. The van der Waals surface area contributed by atoms with Crippen molar-refractivity contribution in [3.8, 4) is 5.75 Å². The summed E-state index contributed by atoms with van der Waals surface area (Å²) in [6, 6.07) is 3.20. The van der Waals surface area contributed by atoms with Crippen LogP contribution in [0.1, 0.15) is 16.8 Å². The molecule has 0 bridgehead atoms. The lowest BCUT2D eigenvalue weighted by Crippen LogP contribution is -2.20. The molecular weight excluding hydrogens is 229 g/mol. The molecule has 1 aromatic carbocycles. The Hall–Kier alpha value is -2.11. The number of halogens is 1. The van der Waals surface area contributed by atoms with E-state index < -0.39 is 11.8 Å². The Morgan fingerprint density at radius 1 is 1.47 bits per heavy atom. The van der Waals surface area contributed by atoms with Gasteiger partial charge in [0.05, 0.1) is 13.0 Å². The van der Waals surface area contributed by atoms with Gasteiger partial charge in [0.15, 0.2) is 0 Å². The fourth-order valence-electron chi connectivity index (χ4n) is 1.17. The van der Waals surface area contributed by atoms with Crippen LogP contribution in [-0.4, -0.2) is 30.6 Å². The first-order valence-electron chi connectivity index (χ1n) is 4.91. The molecule has 0 fully saturated rings. The molecule has 0 heterocycles. The van der Waals surface area contributed by atoms with Gasteiger partial charge in [0.1, 0.15) is 17.1 Å². The standard InChI is InChI=1S/C11H12FNO4/c1-13-10(14)4-5-17-9-3-2-7(12)6-8(9)11(15)16/h2-3,6H,4-5H2,1H3,(H,13,14)(H,15,16). The molecule has 1 amide bonds. The third kappa shape index (κ3) is 3.75. The second-order valence-electron chi connectivity index (χ2n) is 3.22. The van der Waals surface area contributed by atoms with E-state index in [0.717, 1.165) is 12.1 Å². The van der Waals surface area contributed by atoms with Crippen LogP contribution in [0.2, 0.25) is 0 Å². The molecule has 0 aliphatic heterocycles. The maximum absolute atomic E-state index is 12.8. The summed E-state index contributed by atoms with van der Waals surface area (Å²) >= 11 is 0. The van der Waals surface area contributed by atoms with Crippen LogP contribution in [0.15, 0.2) is 18.2 Å². The van der Waals surface area contributed by atoms with Crippen molar-refractivity contribution in [2.45, 2.75) is 6.42 Å². The lowest BCUT2D eigenvalue weighted by atomic mass is 10.2. The van der Waals surface area contributed by atoms with Crippen LogP contribution in [0.25, 0.3) is 0 Å². The number of carboxylic acid groups (broad SMARTS) is 1. The molecule has 2 N–H and O–H groups in total. The first-order valence-corrected chi connectivity index (χ1v) is 4.91. The van der Waals surface area contributed by atoms with Crippen molar-refractivity contribution < 1.29 is 23.8 Å². The van der Waals surface area contributed by atoms with Gasteiger partial charge in [0, 0.05) is 7.05 Å². The van der Waals surface area contributed by atoms with E-state index in [0.29, 0.717) is 0 Å². The van der Waals surface area contributed by atoms with Gasteiger partial charge in [0.2, 0.25) is 5.91 Å². The van der Waals surface area contributed by atoms with Crippen molar-refractivity contribution in [2.75, 3.05) is 13.7 Å². The van der Waals surface area contributed by atoms with Gasteiger partial charge in [-0.25, -0.2) is 9.18 Å². The Morgan fingerprint density at radius 2 is 2.18 bits per heavy atom. The van der Waals surface area contributed by atoms with Crippen LogP contribution in [0.5, 0.6) is 5.75 Å². The molecule has 0 aliphatic rings. The number of aromatic carboxylic acids is 1. The van der Waals surface area contributed by atoms with E-state index in [-0.39, 0.29) is 30.2 Å². The molecule has 0 unspecified atom stereocenters. The average molecular weight is 241 g/mol. The van der Waals surface area contributed by atoms with Crippen LogP contribution in [0.4, 0.5) is 4.39 Å². The van der Waals surface area contributed by atoms with E-state index in [2.05, 4.69) is 5.32 Å². The predicted molar refractivity (Wildman–Crippen MR) is 57.5 cm³/mol. The van der Waals surface area contributed by atoms with Crippen molar-refractivity contribution >= 4 is 11.9 Å². The molecule has 6 heteroatoms. The molecule has 0 saturated heterocycles. The van der Waals surface area contributed by atoms with Gasteiger partial charge >= 0.3 is 5.97 Å². The first kappa shape index (κ1) is 13.0. The molecule has 1 rings (SSSR count). The fraction of sp³-hybridized carbons (Fsp3) is 0.273. The second-order valence-corrected chi connectivity index (χ2v) is 3.22. The summed E-state index contributed by atoms with van der Waals surface area (Å²) in [6.45, 7) is 0.0333. The second kappa shape index (κ2) is 5.83.